The van der Waals surface area contributed by atoms with Gasteiger partial charge >= 0.3 is 0 Å². The summed E-state index contributed by atoms with van der Waals surface area (Å²) >= 11 is 3.65. The molecule has 0 spiro atoms. The molecule has 4 heteroatoms. The third-order valence-corrected chi connectivity index (χ3v) is 8.43. The number of benzene rings is 4. The Labute approximate surface area is 202 Å². The summed E-state index contributed by atoms with van der Waals surface area (Å²) in [6, 6.07) is 23.8. The summed E-state index contributed by atoms with van der Waals surface area (Å²) in [6.07, 6.45) is 7.74. The van der Waals surface area contributed by atoms with E-state index in [0.29, 0.717) is 6.42 Å². The van der Waals surface area contributed by atoms with E-state index in [1.54, 1.807) is 0 Å². The van der Waals surface area contributed by atoms with Crippen molar-refractivity contribution >= 4 is 74.6 Å². The number of rotatable bonds is 8. The molecule has 1 aromatic heterocycles. The zero-order valence-electron chi connectivity index (χ0n) is 19.0. The van der Waals surface area contributed by atoms with Gasteiger partial charge in [0.2, 0.25) is 5.91 Å². The van der Waals surface area contributed by atoms with Crippen LogP contribution in [0.2, 0.25) is 0 Å². The number of anilines is 1. The number of amides is 1. The molecule has 33 heavy (non-hydrogen) atoms. The first-order chi connectivity index (χ1) is 16.2. The normalized spacial score (nSPS) is 11.5. The Kier molecular flexibility index (Phi) is 6.75. The minimum Gasteiger partial charge on any atom is -0.326 e. The third-order valence-electron chi connectivity index (χ3n) is 6.21. The van der Waals surface area contributed by atoms with Crippen LogP contribution in [0.1, 0.15) is 51.9 Å². The van der Waals surface area contributed by atoms with E-state index in [4.69, 9.17) is 0 Å². The van der Waals surface area contributed by atoms with E-state index in [0.717, 1.165) is 18.5 Å². The largest absolute Gasteiger partial charge is 0.326 e. The van der Waals surface area contributed by atoms with Crippen LogP contribution in [0.5, 0.6) is 0 Å². The molecule has 0 saturated heterocycles. The van der Waals surface area contributed by atoms with Crippen LogP contribution in [0, 0.1) is 0 Å². The first-order valence-corrected chi connectivity index (χ1v) is 13.6. The van der Waals surface area contributed by atoms with Crippen molar-refractivity contribution in [3.63, 3.8) is 0 Å². The highest BCUT2D eigenvalue weighted by Crippen LogP contribution is 2.39. The molecule has 0 bridgehead atoms. The monoisotopic (exact) mass is 471 g/mol. The SMILES string of the molecule is CCCCCCCCC(=O)Nc1cc2cccc3sc4cccc5cccc(sc(c1)c23)c54. The fourth-order valence-electron chi connectivity index (χ4n) is 4.56. The van der Waals surface area contributed by atoms with Crippen molar-refractivity contribution in [2.45, 2.75) is 51.9 Å². The number of hydrogen-bond acceptors (Lipinski definition) is 3. The van der Waals surface area contributed by atoms with E-state index < -0.39 is 0 Å². The van der Waals surface area contributed by atoms with Crippen LogP contribution in [0.3, 0.4) is 0 Å². The number of unbranched alkanes of at least 4 members (excludes halogenated alkanes) is 5. The Morgan fingerprint density at radius 2 is 1.27 bits per heavy atom. The molecule has 1 heterocycles. The highest BCUT2D eigenvalue weighted by atomic mass is 32.1. The molecule has 0 aliphatic carbocycles. The lowest BCUT2D eigenvalue weighted by molar-refractivity contribution is -0.116. The Morgan fingerprint density at radius 3 is 1.97 bits per heavy atom. The molecule has 0 atom stereocenters. The first-order valence-electron chi connectivity index (χ1n) is 12.0. The van der Waals surface area contributed by atoms with Gasteiger partial charge in [0.25, 0.3) is 0 Å². The summed E-state index contributed by atoms with van der Waals surface area (Å²) in [4.78, 5) is 12.6. The van der Waals surface area contributed by atoms with Crippen molar-refractivity contribution in [2.75, 3.05) is 5.32 Å². The van der Waals surface area contributed by atoms with Crippen molar-refractivity contribution in [1.82, 2.24) is 0 Å². The molecule has 1 N–H and O–H groups in total. The molecule has 0 aliphatic heterocycles. The van der Waals surface area contributed by atoms with Crippen LogP contribution in [-0.2, 0) is 4.79 Å². The highest BCUT2D eigenvalue weighted by Gasteiger charge is 2.10. The van der Waals surface area contributed by atoms with Crippen LogP contribution in [0.4, 0.5) is 5.69 Å². The van der Waals surface area contributed by atoms with Gasteiger partial charge in [-0.15, -0.1) is 22.7 Å². The molecule has 2 nitrogen and oxygen atoms in total. The van der Waals surface area contributed by atoms with Gasteiger partial charge in [-0.1, -0.05) is 75.4 Å². The van der Waals surface area contributed by atoms with Crippen LogP contribution in [-0.4, -0.2) is 5.91 Å². The smallest absolute Gasteiger partial charge is 0.224 e. The summed E-state index contributed by atoms with van der Waals surface area (Å²) in [5, 5.41) is 8.20. The van der Waals surface area contributed by atoms with Crippen molar-refractivity contribution in [1.29, 1.82) is 0 Å². The Morgan fingerprint density at radius 1 is 0.697 bits per heavy atom. The van der Waals surface area contributed by atoms with E-state index in [-0.39, 0.29) is 5.91 Å². The lowest BCUT2D eigenvalue weighted by Crippen LogP contribution is -2.11. The second-order valence-corrected chi connectivity index (χ2v) is 10.9. The molecular weight excluding hydrogens is 442 g/mol. The molecule has 5 rings (SSSR count). The minimum atomic E-state index is 0.117. The number of nitrogens with one attached hydrogen (secondary N) is 1. The molecule has 5 aromatic rings. The standard InChI is InChI=1S/C29H29NOS2/c1-2-3-4-5-6-7-17-27(31)30-22-18-21-13-10-16-25-29(21)26(19-22)33-24-15-9-12-20-11-8-14-23(32-25)28(20)24/h8-16,18-19H,2-7,17H2,1H3,(H,30,31). The molecule has 1 amide bonds. The van der Waals surface area contributed by atoms with Gasteiger partial charge in [-0.25, -0.2) is 0 Å². The maximum absolute atomic E-state index is 12.6. The average molecular weight is 472 g/mol. The minimum absolute atomic E-state index is 0.117. The molecule has 168 valence electrons. The van der Waals surface area contributed by atoms with Crippen molar-refractivity contribution in [3.8, 4) is 0 Å². The maximum Gasteiger partial charge on any atom is 0.224 e. The molecule has 0 saturated carbocycles. The molecular formula is C29H29NOS2. The topological polar surface area (TPSA) is 29.1 Å². The molecule has 0 unspecified atom stereocenters. The second-order valence-electron chi connectivity index (χ2n) is 8.71. The van der Waals surface area contributed by atoms with Gasteiger partial charge in [-0.05, 0) is 47.5 Å². The lowest BCUT2D eigenvalue weighted by Gasteiger charge is -2.10. The Bertz CT molecular complexity index is 1450. The summed E-state index contributed by atoms with van der Waals surface area (Å²) in [6.45, 7) is 2.23. The van der Waals surface area contributed by atoms with Crippen molar-refractivity contribution < 1.29 is 4.79 Å². The van der Waals surface area contributed by atoms with Crippen molar-refractivity contribution in [2.24, 2.45) is 0 Å². The summed E-state index contributed by atoms with van der Waals surface area (Å²) < 4.78 is 5.03. The van der Waals surface area contributed by atoms with Crippen LogP contribution < -0.4 is 5.32 Å². The van der Waals surface area contributed by atoms with Crippen molar-refractivity contribution in [3.05, 3.63) is 66.7 Å². The quantitative estimate of drug-likeness (QED) is 0.224. The van der Waals surface area contributed by atoms with Crippen LogP contribution in [0.15, 0.2) is 66.7 Å². The fourth-order valence-corrected chi connectivity index (χ4v) is 7.11. The maximum atomic E-state index is 12.6. The zero-order chi connectivity index (χ0) is 22.6. The summed E-state index contributed by atoms with van der Waals surface area (Å²) in [5.74, 6) is 0.117. The Balaban J connectivity index is 1.52. The van der Waals surface area contributed by atoms with E-state index in [2.05, 4.69) is 79.0 Å². The average Bonchev–Trinajstić information content (AvgIpc) is 2.80. The Hall–Kier alpha value is -2.69. The van der Waals surface area contributed by atoms with Gasteiger partial charge in [0.15, 0.2) is 0 Å². The zero-order valence-corrected chi connectivity index (χ0v) is 20.7. The van der Waals surface area contributed by atoms with Crippen LogP contribution >= 0.6 is 22.7 Å². The van der Waals surface area contributed by atoms with E-state index in [1.807, 2.05) is 22.7 Å². The lowest BCUT2D eigenvalue weighted by atomic mass is 10.1. The van der Waals surface area contributed by atoms with Gasteiger partial charge in [0.05, 0.1) is 0 Å². The van der Waals surface area contributed by atoms with Gasteiger partial charge in [-0.2, -0.15) is 0 Å². The van der Waals surface area contributed by atoms with Gasteiger partial charge in [0, 0.05) is 41.7 Å². The molecule has 4 aromatic carbocycles. The summed E-state index contributed by atoms with van der Waals surface area (Å²) in [7, 11) is 0. The first kappa shape index (κ1) is 22.1. The van der Waals surface area contributed by atoms with Gasteiger partial charge < -0.3 is 5.32 Å². The number of carbonyl (C=O) groups is 1. The predicted molar refractivity (Wildman–Crippen MR) is 148 cm³/mol. The molecule has 0 aliphatic rings. The summed E-state index contributed by atoms with van der Waals surface area (Å²) in [5.41, 5.74) is 0.893. The molecule has 0 radical (unpaired) electrons. The fraction of sp³-hybridized carbons (Fsp3) is 0.276. The van der Waals surface area contributed by atoms with Crippen LogP contribution in [0.25, 0.3) is 40.3 Å². The molecule has 0 fully saturated rings. The number of hydrogen-bond donors (Lipinski definition) is 1. The second kappa shape index (κ2) is 10.1. The van der Waals surface area contributed by atoms with Gasteiger partial charge in [-0.3, -0.25) is 4.79 Å². The third kappa shape index (κ3) is 4.83. The highest BCUT2D eigenvalue weighted by molar-refractivity contribution is 7.29. The van der Waals surface area contributed by atoms with E-state index >= 15 is 0 Å². The van der Waals surface area contributed by atoms with Gasteiger partial charge in [0.1, 0.15) is 0 Å². The number of carbonyl (C=O) groups excluding carboxylic acids is 1. The predicted octanol–water partition coefficient (Wildman–Crippen LogP) is 9.67. The van der Waals surface area contributed by atoms with E-state index in [9.17, 15) is 4.79 Å². The van der Waals surface area contributed by atoms with E-state index in [1.165, 1.54) is 66.0 Å².